The number of ether oxygens (including phenoxy) is 2. The van der Waals surface area contributed by atoms with Crippen LogP contribution in [0.5, 0.6) is 11.5 Å². The molecular formula is C22H23N5O4. The zero-order valence-electron chi connectivity index (χ0n) is 17.6. The average Bonchev–Trinajstić information content (AvgIpc) is 3.51. The summed E-state index contributed by atoms with van der Waals surface area (Å²) in [5, 5.41) is 1.86. The fourth-order valence-corrected chi connectivity index (χ4v) is 3.97. The Kier molecular flexibility index (Phi) is 4.53. The van der Waals surface area contributed by atoms with E-state index in [1.807, 2.05) is 12.1 Å². The summed E-state index contributed by atoms with van der Waals surface area (Å²) in [6.45, 7) is 0.584. The van der Waals surface area contributed by atoms with Crippen LogP contribution in [-0.2, 0) is 20.0 Å². The number of hydrogen-bond donors (Lipinski definition) is 1. The standard InChI is InChI=1S/C22H23N5O4/c1-26-21(28)19-20(27(22(26)29)11-12-4-5-12)25-18(24-19)7-14-10-23-9-13-6-16(30-2)17(31-3)8-15(13)14/h6,8-10,12H,4-5,7,11H2,1-3H3,(H,24,25). The third-order valence-corrected chi connectivity index (χ3v) is 5.87. The average molecular weight is 421 g/mol. The van der Waals surface area contributed by atoms with Crippen molar-refractivity contribution in [3.05, 3.63) is 56.8 Å². The van der Waals surface area contributed by atoms with E-state index in [1.54, 1.807) is 31.2 Å². The second-order valence-electron chi connectivity index (χ2n) is 7.99. The lowest BCUT2D eigenvalue weighted by atomic mass is 10.0. The second kappa shape index (κ2) is 7.26. The van der Waals surface area contributed by atoms with Gasteiger partial charge in [0.25, 0.3) is 5.56 Å². The van der Waals surface area contributed by atoms with Crippen molar-refractivity contribution in [2.24, 2.45) is 13.0 Å². The van der Waals surface area contributed by atoms with Gasteiger partial charge in [-0.3, -0.25) is 18.9 Å². The van der Waals surface area contributed by atoms with Crippen molar-refractivity contribution in [3.63, 3.8) is 0 Å². The molecule has 3 heterocycles. The number of benzene rings is 1. The highest BCUT2D eigenvalue weighted by molar-refractivity contribution is 5.88. The number of imidazole rings is 1. The van der Waals surface area contributed by atoms with Crippen LogP contribution in [0.2, 0.25) is 0 Å². The van der Waals surface area contributed by atoms with Gasteiger partial charge in [0.2, 0.25) is 0 Å². The van der Waals surface area contributed by atoms with E-state index in [2.05, 4.69) is 15.0 Å². The molecule has 1 fully saturated rings. The summed E-state index contributed by atoms with van der Waals surface area (Å²) < 4.78 is 13.6. The number of fused-ring (bicyclic) bond motifs is 2. The maximum absolute atomic E-state index is 12.7. The molecule has 1 aromatic carbocycles. The first kappa shape index (κ1) is 19.3. The van der Waals surface area contributed by atoms with E-state index in [1.165, 1.54) is 7.05 Å². The van der Waals surface area contributed by atoms with E-state index in [0.717, 1.165) is 33.7 Å². The molecule has 5 rings (SSSR count). The maximum Gasteiger partial charge on any atom is 0.332 e. The topological polar surface area (TPSA) is 104 Å². The lowest BCUT2D eigenvalue weighted by Crippen LogP contribution is -2.38. The largest absolute Gasteiger partial charge is 0.493 e. The molecule has 0 radical (unpaired) electrons. The number of rotatable bonds is 6. The van der Waals surface area contributed by atoms with Crippen LogP contribution >= 0.6 is 0 Å². The molecule has 160 valence electrons. The quantitative estimate of drug-likeness (QED) is 0.511. The molecule has 1 aliphatic carbocycles. The number of aromatic amines is 1. The highest BCUT2D eigenvalue weighted by atomic mass is 16.5. The summed E-state index contributed by atoms with van der Waals surface area (Å²) in [7, 11) is 4.69. The summed E-state index contributed by atoms with van der Waals surface area (Å²) in [5.41, 5.74) is 0.998. The second-order valence-corrected chi connectivity index (χ2v) is 7.99. The number of aromatic nitrogens is 5. The summed E-state index contributed by atoms with van der Waals surface area (Å²) in [4.78, 5) is 37.5. The third kappa shape index (κ3) is 3.26. The normalized spacial score (nSPS) is 13.8. The molecule has 0 atom stereocenters. The van der Waals surface area contributed by atoms with E-state index < -0.39 is 0 Å². The minimum atomic E-state index is -0.367. The molecule has 0 unspecified atom stereocenters. The number of pyridine rings is 1. The van der Waals surface area contributed by atoms with Crippen LogP contribution < -0.4 is 20.7 Å². The van der Waals surface area contributed by atoms with Gasteiger partial charge in [-0.05, 0) is 41.8 Å². The predicted molar refractivity (Wildman–Crippen MR) is 116 cm³/mol. The fraction of sp³-hybridized carbons (Fsp3) is 0.364. The number of H-pyrrole nitrogens is 1. The first-order valence-electron chi connectivity index (χ1n) is 10.2. The highest BCUT2D eigenvalue weighted by Crippen LogP contribution is 2.34. The van der Waals surface area contributed by atoms with Gasteiger partial charge in [0, 0.05) is 37.8 Å². The van der Waals surface area contributed by atoms with Gasteiger partial charge < -0.3 is 14.5 Å². The molecule has 0 aliphatic heterocycles. The molecule has 0 spiro atoms. The first-order valence-corrected chi connectivity index (χ1v) is 10.2. The van der Waals surface area contributed by atoms with Crippen molar-refractivity contribution in [3.8, 4) is 11.5 Å². The van der Waals surface area contributed by atoms with Gasteiger partial charge >= 0.3 is 5.69 Å². The Hall–Kier alpha value is -3.62. The van der Waals surface area contributed by atoms with Crippen molar-refractivity contribution < 1.29 is 9.47 Å². The van der Waals surface area contributed by atoms with Crippen molar-refractivity contribution in [2.75, 3.05) is 14.2 Å². The van der Waals surface area contributed by atoms with E-state index in [0.29, 0.717) is 47.4 Å². The minimum absolute atomic E-state index is 0.328. The Bertz CT molecular complexity index is 1430. The Morgan fingerprint density at radius 1 is 1.13 bits per heavy atom. The van der Waals surface area contributed by atoms with Crippen LogP contribution in [-0.4, -0.2) is 38.3 Å². The molecule has 9 heteroatoms. The first-order chi connectivity index (χ1) is 15.0. The summed E-state index contributed by atoms with van der Waals surface area (Å²) >= 11 is 0. The Morgan fingerprint density at radius 2 is 1.87 bits per heavy atom. The number of nitrogens with zero attached hydrogens (tertiary/aromatic N) is 4. The molecule has 31 heavy (non-hydrogen) atoms. The van der Waals surface area contributed by atoms with Crippen LogP contribution in [0.3, 0.4) is 0 Å². The highest BCUT2D eigenvalue weighted by Gasteiger charge is 2.25. The Morgan fingerprint density at radius 3 is 2.58 bits per heavy atom. The van der Waals surface area contributed by atoms with Gasteiger partial charge in [0.15, 0.2) is 17.1 Å². The molecule has 4 aromatic rings. The SMILES string of the molecule is COc1cc2cncc(Cc3nc4c([nH]3)c(=O)n(C)c(=O)n4CC3CC3)c2cc1OC. The van der Waals surface area contributed by atoms with Gasteiger partial charge in [0.1, 0.15) is 11.3 Å². The molecule has 0 saturated heterocycles. The number of hydrogen-bond acceptors (Lipinski definition) is 6. The molecule has 1 aliphatic rings. The fourth-order valence-electron chi connectivity index (χ4n) is 3.97. The summed E-state index contributed by atoms with van der Waals surface area (Å²) in [6.07, 6.45) is 6.16. The zero-order chi connectivity index (χ0) is 21.7. The Balaban J connectivity index is 1.63. The van der Waals surface area contributed by atoms with Crippen LogP contribution in [0.15, 0.2) is 34.1 Å². The molecule has 1 N–H and O–H groups in total. The van der Waals surface area contributed by atoms with Gasteiger partial charge in [-0.2, -0.15) is 0 Å². The summed E-state index contributed by atoms with van der Waals surface area (Å²) in [6, 6.07) is 3.79. The Labute approximate surface area is 177 Å². The van der Waals surface area contributed by atoms with Crippen LogP contribution in [0, 0.1) is 5.92 Å². The maximum atomic E-state index is 12.7. The lowest BCUT2D eigenvalue weighted by molar-refractivity contribution is 0.356. The van der Waals surface area contributed by atoms with Gasteiger partial charge in [-0.15, -0.1) is 0 Å². The molecule has 0 bridgehead atoms. The smallest absolute Gasteiger partial charge is 0.332 e. The lowest BCUT2D eigenvalue weighted by Gasteiger charge is -2.11. The van der Waals surface area contributed by atoms with Crippen molar-refractivity contribution in [1.29, 1.82) is 0 Å². The van der Waals surface area contributed by atoms with Gasteiger partial charge in [-0.1, -0.05) is 0 Å². The van der Waals surface area contributed by atoms with Gasteiger partial charge in [-0.25, -0.2) is 9.78 Å². The van der Waals surface area contributed by atoms with Crippen molar-refractivity contribution in [1.82, 2.24) is 24.1 Å². The van der Waals surface area contributed by atoms with Crippen molar-refractivity contribution >= 4 is 21.9 Å². The van der Waals surface area contributed by atoms with E-state index in [4.69, 9.17) is 9.47 Å². The number of methoxy groups -OCH3 is 2. The summed E-state index contributed by atoms with van der Waals surface area (Å²) in [5.74, 6) is 2.33. The molecule has 1 saturated carbocycles. The monoisotopic (exact) mass is 421 g/mol. The molecular weight excluding hydrogens is 398 g/mol. The molecule has 0 amide bonds. The zero-order valence-corrected chi connectivity index (χ0v) is 17.6. The van der Waals surface area contributed by atoms with Crippen LogP contribution in [0.4, 0.5) is 0 Å². The van der Waals surface area contributed by atoms with Crippen LogP contribution in [0.25, 0.3) is 21.9 Å². The van der Waals surface area contributed by atoms with E-state index in [-0.39, 0.29) is 11.2 Å². The van der Waals surface area contributed by atoms with E-state index in [9.17, 15) is 9.59 Å². The molecule has 3 aromatic heterocycles. The third-order valence-electron chi connectivity index (χ3n) is 5.87. The predicted octanol–water partition coefficient (Wildman–Crippen LogP) is 1.99. The minimum Gasteiger partial charge on any atom is -0.493 e. The molecule has 9 nitrogen and oxygen atoms in total. The van der Waals surface area contributed by atoms with E-state index >= 15 is 0 Å². The van der Waals surface area contributed by atoms with Crippen LogP contribution in [0.1, 0.15) is 24.2 Å². The number of nitrogens with one attached hydrogen (secondary N) is 1. The van der Waals surface area contributed by atoms with Crippen molar-refractivity contribution in [2.45, 2.75) is 25.8 Å². The van der Waals surface area contributed by atoms with Gasteiger partial charge in [0.05, 0.1) is 14.2 Å².